The van der Waals surface area contributed by atoms with E-state index in [4.69, 9.17) is 0 Å². The molecule has 1 aromatic carbocycles. The first kappa shape index (κ1) is 18.3. The number of hydrogen-bond acceptors (Lipinski definition) is 2. The van der Waals surface area contributed by atoms with Gasteiger partial charge in [0.05, 0.1) is 6.54 Å². The van der Waals surface area contributed by atoms with Crippen molar-refractivity contribution in [1.29, 1.82) is 0 Å². The topological polar surface area (TPSA) is 40.6 Å². The second-order valence-electron chi connectivity index (χ2n) is 6.06. The Kier molecular flexibility index (Phi) is 5.85. The van der Waals surface area contributed by atoms with Crippen LogP contribution in [0.1, 0.15) is 18.9 Å². The standard InChI is InChI=1S/C17H21F3N2O2/c1-2-21(12-17(18,19)20)16(24)11-22-10-14(9-15(22)23)8-13-6-4-3-5-7-13/h3-7,14H,2,8-12H2,1H3. The molecule has 1 fully saturated rings. The number of nitrogens with zero attached hydrogens (tertiary/aromatic N) is 2. The number of carbonyl (C=O) groups is 2. The van der Waals surface area contributed by atoms with Gasteiger partial charge in [-0.3, -0.25) is 9.59 Å². The van der Waals surface area contributed by atoms with Crippen LogP contribution in [0.5, 0.6) is 0 Å². The zero-order valence-electron chi connectivity index (χ0n) is 13.6. The predicted molar refractivity (Wildman–Crippen MR) is 83.1 cm³/mol. The number of rotatable bonds is 6. The lowest BCUT2D eigenvalue weighted by molar-refractivity contribution is -0.161. The van der Waals surface area contributed by atoms with Gasteiger partial charge in [-0.1, -0.05) is 30.3 Å². The molecule has 1 aliphatic heterocycles. The summed E-state index contributed by atoms with van der Waals surface area (Å²) >= 11 is 0. The minimum absolute atomic E-state index is 0.0339. The van der Waals surface area contributed by atoms with Gasteiger partial charge in [-0.25, -0.2) is 0 Å². The Balaban J connectivity index is 1.90. The highest BCUT2D eigenvalue weighted by Gasteiger charge is 2.35. The van der Waals surface area contributed by atoms with E-state index >= 15 is 0 Å². The van der Waals surface area contributed by atoms with Gasteiger partial charge in [0.1, 0.15) is 6.54 Å². The molecule has 1 aliphatic rings. The van der Waals surface area contributed by atoms with E-state index in [0.717, 1.165) is 16.9 Å². The monoisotopic (exact) mass is 342 g/mol. The van der Waals surface area contributed by atoms with Crippen LogP contribution in [0.4, 0.5) is 13.2 Å². The first-order valence-electron chi connectivity index (χ1n) is 7.94. The minimum atomic E-state index is -4.43. The first-order chi connectivity index (χ1) is 11.3. The van der Waals surface area contributed by atoms with E-state index in [1.165, 1.54) is 11.8 Å². The summed E-state index contributed by atoms with van der Waals surface area (Å²) in [5, 5.41) is 0. The average Bonchev–Trinajstić information content (AvgIpc) is 2.84. The summed E-state index contributed by atoms with van der Waals surface area (Å²) in [5.74, 6) is -0.749. The summed E-state index contributed by atoms with van der Waals surface area (Å²) < 4.78 is 37.4. The number of carbonyl (C=O) groups excluding carboxylic acids is 2. The highest BCUT2D eigenvalue weighted by Crippen LogP contribution is 2.22. The Morgan fingerprint density at radius 3 is 2.54 bits per heavy atom. The zero-order chi connectivity index (χ0) is 17.7. The van der Waals surface area contributed by atoms with Crippen LogP contribution < -0.4 is 0 Å². The van der Waals surface area contributed by atoms with Crippen molar-refractivity contribution >= 4 is 11.8 Å². The van der Waals surface area contributed by atoms with Crippen molar-refractivity contribution in [1.82, 2.24) is 9.80 Å². The fraction of sp³-hybridized carbons (Fsp3) is 0.529. The largest absolute Gasteiger partial charge is 0.406 e. The normalized spacial score (nSPS) is 18.1. The molecule has 1 unspecified atom stereocenters. The summed E-state index contributed by atoms with van der Waals surface area (Å²) in [6.07, 6.45) is -3.39. The first-order valence-corrected chi connectivity index (χ1v) is 7.94. The molecule has 0 saturated carbocycles. The number of amides is 2. The molecule has 132 valence electrons. The van der Waals surface area contributed by atoms with E-state index in [1.54, 1.807) is 0 Å². The van der Waals surface area contributed by atoms with Gasteiger partial charge in [-0.2, -0.15) is 13.2 Å². The van der Waals surface area contributed by atoms with E-state index in [1.807, 2.05) is 30.3 Å². The molecule has 2 rings (SSSR count). The number of alkyl halides is 3. The van der Waals surface area contributed by atoms with E-state index < -0.39 is 18.6 Å². The molecule has 4 nitrogen and oxygen atoms in total. The van der Waals surface area contributed by atoms with Crippen molar-refractivity contribution in [2.75, 3.05) is 26.2 Å². The van der Waals surface area contributed by atoms with Crippen molar-refractivity contribution in [2.24, 2.45) is 5.92 Å². The maximum atomic E-state index is 12.5. The van der Waals surface area contributed by atoms with E-state index in [9.17, 15) is 22.8 Å². The van der Waals surface area contributed by atoms with Gasteiger partial charge >= 0.3 is 6.18 Å². The summed E-state index contributed by atoms with van der Waals surface area (Å²) in [7, 11) is 0. The molecule has 2 amide bonds. The smallest absolute Gasteiger partial charge is 0.333 e. The molecule has 7 heteroatoms. The average molecular weight is 342 g/mol. The van der Waals surface area contributed by atoms with Gasteiger partial charge < -0.3 is 9.80 Å². The summed E-state index contributed by atoms with van der Waals surface area (Å²) in [6.45, 7) is 0.302. The van der Waals surface area contributed by atoms with Gasteiger partial charge in [0.15, 0.2) is 0 Å². The number of benzene rings is 1. The van der Waals surface area contributed by atoms with Gasteiger partial charge in [0.2, 0.25) is 11.8 Å². The molecule has 0 radical (unpaired) electrons. The zero-order valence-corrected chi connectivity index (χ0v) is 13.6. The number of hydrogen-bond donors (Lipinski definition) is 0. The van der Waals surface area contributed by atoms with Gasteiger partial charge in [-0.05, 0) is 24.8 Å². The van der Waals surface area contributed by atoms with Crippen molar-refractivity contribution < 1.29 is 22.8 Å². The molecule has 0 bridgehead atoms. The lowest BCUT2D eigenvalue weighted by Crippen LogP contribution is -2.44. The van der Waals surface area contributed by atoms with Crippen LogP contribution in [-0.4, -0.2) is 54.0 Å². The SMILES string of the molecule is CCN(CC(F)(F)F)C(=O)CN1CC(Cc2ccccc2)CC1=O. The fourth-order valence-corrected chi connectivity index (χ4v) is 2.95. The predicted octanol–water partition coefficient (Wildman–Crippen LogP) is 2.49. The molecule has 0 spiro atoms. The van der Waals surface area contributed by atoms with E-state index in [2.05, 4.69) is 0 Å². The van der Waals surface area contributed by atoms with Crippen LogP contribution in [0.25, 0.3) is 0 Å². The molecule has 1 heterocycles. The maximum Gasteiger partial charge on any atom is 0.406 e. The Bertz CT molecular complexity index is 575. The molecular weight excluding hydrogens is 321 g/mol. The van der Waals surface area contributed by atoms with E-state index in [-0.39, 0.29) is 24.9 Å². The third-order valence-corrected chi connectivity index (χ3v) is 4.09. The Labute approximate surface area is 139 Å². The van der Waals surface area contributed by atoms with Gasteiger partial charge in [0, 0.05) is 19.5 Å². The lowest BCUT2D eigenvalue weighted by Gasteiger charge is -2.25. The van der Waals surface area contributed by atoms with Crippen LogP contribution in [0.3, 0.4) is 0 Å². The highest BCUT2D eigenvalue weighted by molar-refractivity contribution is 5.86. The van der Waals surface area contributed by atoms with Crippen molar-refractivity contribution in [2.45, 2.75) is 25.9 Å². The highest BCUT2D eigenvalue weighted by atomic mass is 19.4. The van der Waals surface area contributed by atoms with Crippen molar-refractivity contribution in [3.8, 4) is 0 Å². The van der Waals surface area contributed by atoms with E-state index in [0.29, 0.717) is 13.0 Å². The maximum absolute atomic E-state index is 12.5. The Hall–Kier alpha value is -2.05. The summed E-state index contributed by atoms with van der Waals surface area (Å²) in [4.78, 5) is 26.2. The molecule has 24 heavy (non-hydrogen) atoms. The number of halogens is 3. The molecule has 0 aromatic heterocycles. The minimum Gasteiger partial charge on any atom is -0.333 e. The second-order valence-corrected chi connectivity index (χ2v) is 6.06. The van der Waals surface area contributed by atoms with Crippen molar-refractivity contribution in [3.05, 3.63) is 35.9 Å². The van der Waals surface area contributed by atoms with Crippen LogP contribution in [0, 0.1) is 5.92 Å². The fourth-order valence-electron chi connectivity index (χ4n) is 2.95. The third-order valence-electron chi connectivity index (χ3n) is 4.09. The number of likely N-dealkylation sites (tertiary alicyclic amines) is 1. The summed E-state index contributed by atoms with van der Waals surface area (Å²) in [6, 6.07) is 9.70. The molecule has 1 aromatic rings. The quantitative estimate of drug-likeness (QED) is 0.797. The molecule has 1 atom stereocenters. The number of likely N-dealkylation sites (N-methyl/N-ethyl adjacent to an activating group) is 1. The molecule has 0 N–H and O–H groups in total. The lowest BCUT2D eigenvalue weighted by atomic mass is 9.99. The summed E-state index contributed by atoms with van der Waals surface area (Å²) in [5.41, 5.74) is 1.11. The van der Waals surface area contributed by atoms with Crippen LogP contribution in [0.2, 0.25) is 0 Å². The van der Waals surface area contributed by atoms with Crippen LogP contribution in [0.15, 0.2) is 30.3 Å². The van der Waals surface area contributed by atoms with Crippen LogP contribution in [-0.2, 0) is 16.0 Å². The Morgan fingerprint density at radius 2 is 1.96 bits per heavy atom. The molecule has 0 aliphatic carbocycles. The molecule has 1 saturated heterocycles. The van der Waals surface area contributed by atoms with Gasteiger partial charge in [0.25, 0.3) is 0 Å². The second kappa shape index (κ2) is 7.68. The molecular formula is C17H21F3N2O2. The Morgan fingerprint density at radius 1 is 1.29 bits per heavy atom. The van der Waals surface area contributed by atoms with Gasteiger partial charge in [-0.15, -0.1) is 0 Å². The third kappa shape index (κ3) is 5.25. The van der Waals surface area contributed by atoms with Crippen LogP contribution >= 0.6 is 0 Å². The van der Waals surface area contributed by atoms with Crippen molar-refractivity contribution in [3.63, 3.8) is 0 Å².